The number of hydrogen-bond donors (Lipinski definition) is 0. The minimum atomic E-state index is -0.463. The summed E-state index contributed by atoms with van der Waals surface area (Å²) in [7, 11) is 0. The lowest BCUT2D eigenvalue weighted by Crippen LogP contribution is -2.52. The molecule has 2 aromatic carbocycles. The van der Waals surface area contributed by atoms with E-state index in [1.165, 1.54) is 5.69 Å². The Kier molecular flexibility index (Phi) is 5.04. The highest BCUT2D eigenvalue weighted by Crippen LogP contribution is 2.18. The smallest absolute Gasteiger partial charge is 0.263 e. The first-order valence-corrected chi connectivity index (χ1v) is 8.45. The lowest BCUT2D eigenvalue weighted by Gasteiger charge is -2.37. The number of carbonyl (C=O) groups is 1. The monoisotopic (exact) mass is 324 g/mol. The number of carbonyl (C=O) groups excluding carboxylic acids is 1. The predicted octanol–water partition coefficient (Wildman–Crippen LogP) is 3.11. The lowest BCUT2D eigenvalue weighted by atomic mass is 10.2. The van der Waals surface area contributed by atoms with Crippen LogP contribution < -0.4 is 9.64 Å². The molecule has 4 nitrogen and oxygen atoms in total. The lowest BCUT2D eigenvalue weighted by molar-refractivity contribution is -0.138. The minimum Gasteiger partial charge on any atom is -0.481 e. The summed E-state index contributed by atoms with van der Waals surface area (Å²) in [5.41, 5.74) is 2.34. The maximum Gasteiger partial charge on any atom is 0.263 e. The van der Waals surface area contributed by atoms with Crippen molar-refractivity contribution in [2.45, 2.75) is 20.0 Å². The Balaban J connectivity index is 1.55. The molecule has 0 radical (unpaired) electrons. The van der Waals surface area contributed by atoms with Gasteiger partial charge in [0.15, 0.2) is 6.10 Å². The summed E-state index contributed by atoms with van der Waals surface area (Å²) in [5, 5.41) is 0. The number of amides is 1. The average molecular weight is 324 g/mol. The molecule has 1 heterocycles. The van der Waals surface area contributed by atoms with Crippen molar-refractivity contribution in [3.05, 3.63) is 60.2 Å². The molecule has 0 saturated carbocycles. The molecule has 0 unspecified atom stereocenters. The average Bonchev–Trinajstić information content (AvgIpc) is 2.62. The first kappa shape index (κ1) is 16.4. The van der Waals surface area contributed by atoms with E-state index >= 15 is 0 Å². The molecule has 1 aliphatic rings. The minimum absolute atomic E-state index is 0.0595. The van der Waals surface area contributed by atoms with E-state index in [9.17, 15) is 4.79 Å². The highest BCUT2D eigenvalue weighted by atomic mass is 16.5. The number of nitrogens with zero attached hydrogens (tertiary/aromatic N) is 2. The van der Waals surface area contributed by atoms with E-state index in [2.05, 4.69) is 17.0 Å². The highest BCUT2D eigenvalue weighted by molar-refractivity contribution is 5.81. The molecule has 3 rings (SSSR count). The number of para-hydroxylation sites is 1. The number of benzene rings is 2. The van der Waals surface area contributed by atoms with E-state index in [0.29, 0.717) is 0 Å². The SMILES string of the molecule is Cc1cccc(O[C@H](C)C(=O)N2CCN(c3ccccc3)CC2)c1. The fourth-order valence-electron chi connectivity index (χ4n) is 3.02. The molecule has 0 aromatic heterocycles. The number of hydrogen-bond acceptors (Lipinski definition) is 3. The highest BCUT2D eigenvalue weighted by Gasteiger charge is 2.26. The van der Waals surface area contributed by atoms with Gasteiger partial charge in [-0.3, -0.25) is 4.79 Å². The summed E-state index contributed by atoms with van der Waals surface area (Å²) in [6.45, 7) is 7.01. The zero-order chi connectivity index (χ0) is 16.9. The fraction of sp³-hybridized carbons (Fsp3) is 0.350. The molecule has 1 aliphatic heterocycles. The van der Waals surface area contributed by atoms with Crippen molar-refractivity contribution in [2.75, 3.05) is 31.1 Å². The molecule has 0 bridgehead atoms. The third-order valence-corrected chi connectivity index (χ3v) is 4.36. The third-order valence-electron chi connectivity index (χ3n) is 4.36. The van der Waals surface area contributed by atoms with Crippen molar-refractivity contribution in [1.82, 2.24) is 4.90 Å². The topological polar surface area (TPSA) is 32.8 Å². The zero-order valence-electron chi connectivity index (χ0n) is 14.3. The van der Waals surface area contributed by atoms with Crippen molar-refractivity contribution < 1.29 is 9.53 Å². The number of anilines is 1. The maximum atomic E-state index is 12.6. The van der Waals surface area contributed by atoms with Gasteiger partial charge in [0.05, 0.1) is 0 Å². The molecule has 126 valence electrons. The van der Waals surface area contributed by atoms with Gasteiger partial charge in [-0.15, -0.1) is 0 Å². The van der Waals surface area contributed by atoms with Crippen molar-refractivity contribution in [3.63, 3.8) is 0 Å². The largest absolute Gasteiger partial charge is 0.481 e. The Morgan fingerprint density at radius 1 is 1.00 bits per heavy atom. The van der Waals surface area contributed by atoms with E-state index in [0.717, 1.165) is 37.5 Å². The molecule has 0 spiro atoms. The Bertz CT molecular complexity index is 679. The summed E-state index contributed by atoms with van der Waals surface area (Å²) in [4.78, 5) is 16.8. The number of piperazine rings is 1. The molecule has 1 atom stereocenters. The normalized spacial score (nSPS) is 15.9. The molecule has 0 aliphatic carbocycles. The van der Waals surface area contributed by atoms with Gasteiger partial charge in [-0.1, -0.05) is 30.3 Å². The summed E-state index contributed by atoms with van der Waals surface area (Å²) in [6.07, 6.45) is -0.463. The Morgan fingerprint density at radius 3 is 2.38 bits per heavy atom. The van der Waals surface area contributed by atoms with Crippen LogP contribution >= 0.6 is 0 Å². The van der Waals surface area contributed by atoms with E-state index < -0.39 is 6.10 Å². The second-order valence-corrected chi connectivity index (χ2v) is 6.22. The van der Waals surface area contributed by atoms with Crippen LogP contribution in [0.1, 0.15) is 12.5 Å². The van der Waals surface area contributed by atoms with Crippen LogP contribution in [0.2, 0.25) is 0 Å². The summed E-state index contributed by atoms with van der Waals surface area (Å²) in [6, 6.07) is 18.1. The van der Waals surface area contributed by atoms with E-state index in [1.54, 1.807) is 0 Å². The number of ether oxygens (including phenoxy) is 1. The maximum absolute atomic E-state index is 12.6. The van der Waals surface area contributed by atoms with Crippen LogP contribution in [0.3, 0.4) is 0 Å². The molecular formula is C20H24N2O2. The second kappa shape index (κ2) is 7.39. The first-order chi connectivity index (χ1) is 11.6. The van der Waals surface area contributed by atoms with Gasteiger partial charge < -0.3 is 14.5 Å². The molecule has 0 N–H and O–H groups in total. The third kappa shape index (κ3) is 3.88. The van der Waals surface area contributed by atoms with Gasteiger partial charge in [0.25, 0.3) is 5.91 Å². The molecule has 1 fully saturated rings. The Hall–Kier alpha value is -2.49. The van der Waals surface area contributed by atoms with E-state index in [-0.39, 0.29) is 5.91 Å². The number of aryl methyl sites for hydroxylation is 1. The number of rotatable bonds is 4. The molecule has 1 saturated heterocycles. The van der Waals surface area contributed by atoms with Crippen LogP contribution in [0.4, 0.5) is 5.69 Å². The second-order valence-electron chi connectivity index (χ2n) is 6.22. The molecule has 1 amide bonds. The van der Waals surface area contributed by atoms with Gasteiger partial charge in [-0.2, -0.15) is 0 Å². The predicted molar refractivity (Wildman–Crippen MR) is 96.5 cm³/mol. The standard InChI is InChI=1S/C20H24N2O2/c1-16-7-6-10-19(15-16)24-17(2)20(23)22-13-11-21(12-14-22)18-8-4-3-5-9-18/h3-10,15,17H,11-14H2,1-2H3/t17-/m1/s1. The van der Waals surface area contributed by atoms with Crippen molar-refractivity contribution in [3.8, 4) is 5.75 Å². The first-order valence-electron chi connectivity index (χ1n) is 8.45. The Morgan fingerprint density at radius 2 is 1.71 bits per heavy atom. The van der Waals surface area contributed by atoms with Gasteiger partial charge in [-0.25, -0.2) is 0 Å². The molecule has 24 heavy (non-hydrogen) atoms. The van der Waals surface area contributed by atoms with Gasteiger partial charge in [0, 0.05) is 31.9 Å². The summed E-state index contributed by atoms with van der Waals surface area (Å²) >= 11 is 0. The van der Waals surface area contributed by atoms with Crippen LogP contribution in [0.15, 0.2) is 54.6 Å². The van der Waals surface area contributed by atoms with Crippen LogP contribution in [-0.4, -0.2) is 43.1 Å². The van der Waals surface area contributed by atoms with Crippen molar-refractivity contribution in [2.24, 2.45) is 0 Å². The quantitative estimate of drug-likeness (QED) is 0.866. The van der Waals surface area contributed by atoms with Crippen LogP contribution in [-0.2, 0) is 4.79 Å². The van der Waals surface area contributed by atoms with Gasteiger partial charge in [-0.05, 0) is 43.7 Å². The van der Waals surface area contributed by atoms with Crippen LogP contribution in [0, 0.1) is 6.92 Å². The van der Waals surface area contributed by atoms with Crippen molar-refractivity contribution >= 4 is 11.6 Å². The van der Waals surface area contributed by atoms with Crippen LogP contribution in [0.25, 0.3) is 0 Å². The fourth-order valence-corrected chi connectivity index (χ4v) is 3.02. The van der Waals surface area contributed by atoms with Gasteiger partial charge >= 0.3 is 0 Å². The van der Waals surface area contributed by atoms with E-state index in [1.807, 2.05) is 61.2 Å². The van der Waals surface area contributed by atoms with Gasteiger partial charge in [0.2, 0.25) is 0 Å². The Labute approximate surface area is 143 Å². The van der Waals surface area contributed by atoms with E-state index in [4.69, 9.17) is 4.74 Å². The van der Waals surface area contributed by atoms with Crippen molar-refractivity contribution in [1.29, 1.82) is 0 Å². The van der Waals surface area contributed by atoms with Crippen LogP contribution in [0.5, 0.6) is 5.75 Å². The zero-order valence-corrected chi connectivity index (χ0v) is 14.3. The molecule has 2 aromatic rings. The summed E-state index contributed by atoms with van der Waals surface area (Å²) < 4.78 is 5.82. The molecular weight excluding hydrogens is 300 g/mol. The summed E-state index contributed by atoms with van der Waals surface area (Å²) in [5.74, 6) is 0.808. The van der Waals surface area contributed by atoms with Gasteiger partial charge in [0.1, 0.15) is 5.75 Å². The molecule has 4 heteroatoms.